The third-order valence-corrected chi connectivity index (χ3v) is 4.41. The van der Waals surface area contributed by atoms with Gasteiger partial charge in [-0.25, -0.2) is 18.7 Å². The van der Waals surface area contributed by atoms with Crippen LogP contribution in [0.2, 0.25) is 0 Å². The summed E-state index contributed by atoms with van der Waals surface area (Å²) in [6.07, 6.45) is 0. The Morgan fingerprint density at radius 2 is 1.00 bits per heavy atom. The van der Waals surface area contributed by atoms with E-state index in [2.05, 4.69) is 0 Å². The van der Waals surface area contributed by atoms with E-state index in [1.807, 2.05) is 37.3 Å². The van der Waals surface area contributed by atoms with E-state index in [0.29, 0.717) is 5.82 Å². The van der Waals surface area contributed by atoms with Gasteiger partial charge in [-0.15, -0.1) is 0 Å². The van der Waals surface area contributed by atoms with Gasteiger partial charge in [-0.1, -0.05) is 30.3 Å². The van der Waals surface area contributed by atoms with Gasteiger partial charge in [0.1, 0.15) is 11.6 Å². The largest absolute Gasteiger partial charge is 0.228 e. The Kier molecular flexibility index (Phi) is 4.47. The lowest BCUT2D eigenvalue weighted by Crippen LogP contribution is -2.00. The van der Waals surface area contributed by atoms with Gasteiger partial charge in [0.2, 0.25) is 0 Å². The molecule has 4 heteroatoms. The monoisotopic (exact) mass is 358 g/mol. The smallest absolute Gasteiger partial charge is 0.160 e. The van der Waals surface area contributed by atoms with Crippen molar-refractivity contribution in [2.75, 3.05) is 0 Å². The summed E-state index contributed by atoms with van der Waals surface area (Å²) in [5.41, 5.74) is 4.91. The molecule has 0 saturated carbocycles. The van der Waals surface area contributed by atoms with Crippen LogP contribution in [-0.4, -0.2) is 9.97 Å². The quantitative estimate of drug-likeness (QED) is 0.444. The zero-order valence-corrected chi connectivity index (χ0v) is 14.7. The molecular weight excluding hydrogens is 342 g/mol. The molecule has 132 valence electrons. The molecule has 0 fully saturated rings. The van der Waals surface area contributed by atoms with Crippen molar-refractivity contribution in [1.29, 1.82) is 0 Å². The maximum Gasteiger partial charge on any atom is 0.160 e. The first-order chi connectivity index (χ1) is 13.1. The van der Waals surface area contributed by atoms with Crippen LogP contribution in [-0.2, 0) is 0 Å². The van der Waals surface area contributed by atoms with Crippen LogP contribution in [0.25, 0.3) is 33.9 Å². The fourth-order valence-electron chi connectivity index (χ4n) is 3.01. The number of nitrogens with zero attached hydrogens (tertiary/aromatic N) is 2. The van der Waals surface area contributed by atoms with Crippen LogP contribution in [0.15, 0.2) is 78.9 Å². The molecule has 0 aliphatic rings. The van der Waals surface area contributed by atoms with Crippen molar-refractivity contribution in [3.8, 4) is 33.9 Å². The van der Waals surface area contributed by atoms with Crippen molar-refractivity contribution in [3.05, 3.63) is 96.1 Å². The number of aromatic nitrogens is 2. The van der Waals surface area contributed by atoms with Gasteiger partial charge in [0.25, 0.3) is 0 Å². The molecule has 4 aromatic rings. The Morgan fingerprint density at radius 1 is 0.556 bits per heavy atom. The third kappa shape index (κ3) is 3.47. The van der Waals surface area contributed by atoms with E-state index in [-0.39, 0.29) is 11.6 Å². The van der Waals surface area contributed by atoms with Crippen LogP contribution >= 0.6 is 0 Å². The van der Waals surface area contributed by atoms with Crippen LogP contribution in [0.1, 0.15) is 5.56 Å². The second-order valence-electron chi connectivity index (χ2n) is 6.25. The van der Waals surface area contributed by atoms with E-state index in [1.54, 1.807) is 24.3 Å². The Bertz CT molecular complexity index is 1070. The molecule has 0 spiro atoms. The molecule has 0 aliphatic heterocycles. The molecule has 0 saturated heterocycles. The zero-order valence-electron chi connectivity index (χ0n) is 14.7. The Labute approximate surface area is 156 Å². The molecule has 2 nitrogen and oxygen atoms in total. The van der Waals surface area contributed by atoms with Crippen molar-refractivity contribution in [3.63, 3.8) is 0 Å². The van der Waals surface area contributed by atoms with E-state index < -0.39 is 0 Å². The molecule has 27 heavy (non-hydrogen) atoms. The van der Waals surface area contributed by atoms with Gasteiger partial charge >= 0.3 is 0 Å². The standard InChI is InChI=1S/C23H16F2N2/c1-15-21(16-5-3-2-4-6-16)26-23(18-9-13-20(25)14-10-18)27-22(15)17-7-11-19(24)12-8-17/h2-14H,1H3. The van der Waals surface area contributed by atoms with Gasteiger partial charge < -0.3 is 0 Å². The van der Waals surface area contributed by atoms with E-state index in [4.69, 9.17) is 9.97 Å². The molecule has 0 radical (unpaired) electrons. The lowest BCUT2D eigenvalue weighted by Gasteiger charge is -2.13. The Balaban J connectivity index is 1.96. The molecule has 0 amide bonds. The topological polar surface area (TPSA) is 25.8 Å². The molecule has 0 bridgehead atoms. The van der Waals surface area contributed by atoms with Crippen molar-refractivity contribution >= 4 is 0 Å². The van der Waals surface area contributed by atoms with Gasteiger partial charge in [0.15, 0.2) is 5.82 Å². The molecule has 0 atom stereocenters. The lowest BCUT2D eigenvalue weighted by molar-refractivity contribution is 0.627. The highest BCUT2D eigenvalue weighted by Crippen LogP contribution is 2.31. The summed E-state index contributed by atoms with van der Waals surface area (Å²) in [4.78, 5) is 9.44. The predicted octanol–water partition coefficient (Wildman–Crippen LogP) is 6.06. The maximum atomic E-state index is 13.4. The van der Waals surface area contributed by atoms with Gasteiger partial charge in [0.05, 0.1) is 11.4 Å². The molecule has 0 unspecified atom stereocenters. The minimum absolute atomic E-state index is 0.299. The average molecular weight is 358 g/mol. The summed E-state index contributed by atoms with van der Waals surface area (Å²) in [5, 5.41) is 0. The van der Waals surface area contributed by atoms with Gasteiger partial charge in [-0.05, 0) is 55.5 Å². The molecule has 4 rings (SSSR count). The number of hydrogen-bond acceptors (Lipinski definition) is 2. The van der Waals surface area contributed by atoms with Crippen LogP contribution in [0, 0.1) is 18.6 Å². The normalized spacial score (nSPS) is 10.8. The fourth-order valence-corrected chi connectivity index (χ4v) is 3.01. The number of rotatable bonds is 3. The Morgan fingerprint density at radius 3 is 1.52 bits per heavy atom. The first-order valence-corrected chi connectivity index (χ1v) is 8.58. The zero-order chi connectivity index (χ0) is 18.8. The third-order valence-electron chi connectivity index (χ3n) is 4.41. The fraction of sp³-hybridized carbons (Fsp3) is 0.0435. The predicted molar refractivity (Wildman–Crippen MR) is 103 cm³/mol. The summed E-state index contributed by atoms with van der Waals surface area (Å²) in [5.74, 6) is -0.112. The van der Waals surface area contributed by atoms with Crippen LogP contribution < -0.4 is 0 Å². The second-order valence-corrected chi connectivity index (χ2v) is 6.25. The maximum absolute atomic E-state index is 13.4. The van der Waals surface area contributed by atoms with E-state index in [9.17, 15) is 8.78 Å². The first kappa shape index (κ1) is 17.0. The lowest BCUT2D eigenvalue weighted by atomic mass is 10.0. The minimum Gasteiger partial charge on any atom is -0.228 e. The Hall–Kier alpha value is -3.40. The van der Waals surface area contributed by atoms with Crippen molar-refractivity contribution < 1.29 is 8.78 Å². The number of hydrogen-bond donors (Lipinski definition) is 0. The van der Waals surface area contributed by atoms with Crippen LogP contribution in [0.4, 0.5) is 8.78 Å². The highest BCUT2D eigenvalue weighted by Gasteiger charge is 2.15. The number of halogens is 2. The van der Waals surface area contributed by atoms with E-state index >= 15 is 0 Å². The number of benzene rings is 3. The summed E-state index contributed by atoms with van der Waals surface area (Å²) < 4.78 is 26.7. The molecule has 3 aromatic carbocycles. The molecular formula is C23H16F2N2. The van der Waals surface area contributed by atoms with E-state index in [1.165, 1.54) is 24.3 Å². The summed E-state index contributed by atoms with van der Waals surface area (Å²) >= 11 is 0. The highest BCUT2D eigenvalue weighted by atomic mass is 19.1. The van der Waals surface area contributed by atoms with Gasteiger partial charge in [-0.3, -0.25) is 0 Å². The first-order valence-electron chi connectivity index (χ1n) is 8.58. The van der Waals surface area contributed by atoms with Crippen molar-refractivity contribution in [2.45, 2.75) is 6.92 Å². The summed E-state index contributed by atoms with van der Waals surface area (Å²) in [6, 6.07) is 22.1. The molecule has 1 aromatic heterocycles. The van der Waals surface area contributed by atoms with Crippen molar-refractivity contribution in [1.82, 2.24) is 9.97 Å². The average Bonchev–Trinajstić information content (AvgIpc) is 2.70. The van der Waals surface area contributed by atoms with E-state index in [0.717, 1.165) is 33.6 Å². The van der Waals surface area contributed by atoms with Gasteiger partial charge in [0, 0.05) is 22.3 Å². The summed E-state index contributed by atoms with van der Waals surface area (Å²) in [7, 11) is 0. The van der Waals surface area contributed by atoms with Crippen molar-refractivity contribution in [2.24, 2.45) is 0 Å². The van der Waals surface area contributed by atoms with Crippen LogP contribution in [0.3, 0.4) is 0 Å². The molecule has 0 aliphatic carbocycles. The highest BCUT2D eigenvalue weighted by molar-refractivity contribution is 5.76. The van der Waals surface area contributed by atoms with Crippen LogP contribution in [0.5, 0.6) is 0 Å². The van der Waals surface area contributed by atoms with Gasteiger partial charge in [-0.2, -0.15) is 0 Å². The minimum atomic E-state index is -0.312. The summed E-state index contributed by atoms with van der Waals surface area (Å²) in [6.45, 7) is 1.95. The SMILES string of the molecule is Cc1c(-c2ccccc2)nc(-c2ccc(F)cc2)nc1-c1ccc(F)cc1. The molecule has 0 N–H and O–H groups in total. The molecule has 1 heterocycles. The second kappa shape index (κ2) is 7.08.